The molecule has 0 aromatic heterocycles. The number of hydrogen-bond acceptors (Lipinski definition) is 6. The van der Waals surface area contributed by atoms with E-state index in [4.69, 9.17) is 8.37 Å². The molecule has 6 nitrogen and oxygen atoms in total. The summed E-state index contributed by atoms with van der Waals surface area (Å²) in [5.74, 6) is 0.211. The summed E-state index contributed by atoms with van der Waals surface area (Å²) in [6, 6.07) is 34.3. The van der Waals surface area contributed by atoms with Gasteiger partial charge in [0, 0.05) is 11.3 Å². The first kappa shape index (κ1) is 26.4. The van der Waals surface area contributed by atoms with Crippen molar-refractivity contribution < 1.29 is 25.2 Å². The van der Waals surface area contributed by atoms with E-state index in [0.717, 1.165) is 34.8 Å². The zero-order chi connectivity index (χ0) is 26.7. The van der Waals surface area contributed by atoms with Crippen molar-refractivity contribution in [3.63, 3.8) is 0 Å². The summed E-state index contributed by atoms with van der Waals surface area (Å²) in [5.41, 5.74) is 3.46. The van der Waals surface area contributed by atoms with E-state index in [1.165, 1.54) is 0 Å². The standard InChI is InChI=1S/C29H28O6S2/c1-29(24-10-6-4-7-11-24,25-12-8-5-9-13-25)28(22-14-18-26(19-15-22)34-36(2,30)31)23-16-20-27(21-17-23)35-37(3,32)33/h4-21,28H,1-3H3. The normalized spacial score (nSPS) is 12.3. The van der Waals surface area contributed by atoms with Crippen molar-refractivity contribution in [3.8, 4) is 11.5 Å². The van der Waals surface area contributed by atoms with E-state index in [0.29, 0.717) is 0 Å². The Hall–Kier alpha value is -3.62. The maximum Gasteiger partial charge on any atom is 0.306 e. The lowest BCUT2D eigenvalue weighted by molar-refractivity contribution is 0.487. The second-order valence-corrected chi connectivity index (χ2v) is 12.2. The molecule has 4 aromatic rings. The molecule has 4 aromatic carbocycles. The summed E-state index contributed by atoms with van der Waals surface area (Å²) in [6.07, 6.45) is 2.01. The zero-order valence-electron chi connectivity index (χ0n) is 20.7. The molecule has 0 saturated carbocycles. The number of rotatable bonds is 9. The molecule has 0 amide bonds. The third kappa shape index (κ3) is 6.39. The van der Waals surface area contributed by atoms with Gasteiger partial charge in [0.05, 0.1) is 12.5 Å². The van der Waals surface area contributed by atoms with Gasteiger partial charge in [0.25, 0.3) is 0 Å². The molecule has 8 heteroatoms. The molecule has 0 heterocycles. The Morgan fingerprint density at radius 3 is 1.16 bits per heavy atom. The van der Waals surface area contributed by atoms with Gasteiger partial charge in [0.1, 0.15) is 11.5 Å². The minimum atomic E-state index is -3.66. The highest BCUT2D eigenvalue weighted by Crippen LogP contribution is 2.48. The van der Waals surface area contributed by atoms with Crippen LogP contribution in [0.25, 0.3) is 0 Å². The summed E-state index contributed by atoms with van der Waals surface area (Å²) in [6.45, 7) is 2.17. The van der Waals surface area contributed by atoms with E-state index in [2.05, 4.69) is 31.2 Å². The van der Waals surface area contributed by atoms with Crippen LogP contribution in [0.1, 0.15) is 35.1 Å². The van der Waals surface area contributed by atoms with Gasteiger partial charge >= 0.3 is 20.2 Å². The van der Waals surface area contributed by atoms with Gasteiger partial charge in [0.2, 0.25) is 0 Å². The monoisotopic (exact) mass is 536 g/mol. The lowest BCUT2D eigenvalue weighted by atomic mass is 9.62. The smallest absolute Gasteiger partial charge is 0.306 e. The Morgan fingerprint density at radius 2 is 0.865 bits per heavy atom. The van der Waals surface area contributed by atoms with Crippen molar-refractivity contribution in [2.45, 2.75) is 18.3 Å². The lowest BCUT2D eigenvalue weighted by Crippen LogP contribution is -2.32. The lowest BCUT2D eigenvalue weighted by Gasteiger charge is -2.40. The van der Waals surface area contributed by atoms with E-state index in [1.807, 2.05) is 60.7 Å². The minimum absolute atomic E-state index is 0.225. The van der Waals surface area contributed by atoms with E-state index in [-0.39, 0.29) is 17.4 Å². The van der Waals surface area contributed by atoms with Gasteiger partial charge in [-0.25, -0.2) is 0 Å². The quantitative estimate of drug-likeness (QED) is 0.263. The van der Waals surface area contributed by atoms with Gasteiger partial charge in [-0.05, 0) is 46.5 Å². The molecule has 4 rings (SSSR count). The van der Waals surface area contributed by atoms with Crippen molar-refractivity contribution in [1.29, 1.82) is 0 Å². The van der Waals surface area contributed by atoms with Crippen LogP contribution in [-0.2, 0) is 25.7 Å². The van der Waals surface area contributed by atoms with Gasteiger partial charge < -0.3 is 8.37 Å². The zero-order valence-corrected chi connectivity index (χ0v) is 22.4. The summed E-state index contributed by atoms with van der Waals surface area (Å²) in [5, 5.41) is 0. The largest absolute Gasteiger partial charge is 0.383 e. The maximum atomic E-state index is 11.6. The van der Waals surface area contributed by atoms with Gasteiger partial charge in [-0.1, -0.05) is 91.9 Å². The van der Waals surface area contributed by atoms with Crippen molar-refractivity contribution in [1.82, 2.24) is 0 Å². The van der Waals surface area contributed by atoms with E-state index in [1.54, 1.807) is 24.3 Å². The van der Waals surface area contributed by atoms with Crippen LogP contribution in [-0.4, -0.2) is 29.3 Å². The molecule has 0 atom stereocenters. The van der Waals surface area contributed by atoms with Crippen molar-refractivity contribution in [3.05, 3.63) is 131 Å². The third-order valence-corrected chi connectivity index (χ3v) is 7.24. The molecular formula is C29H28O6S2. The molecule has 0 fully saturated rings. The van der Waals surface area contributed by atoms with Crippen LogP contribution in [0.2, 0.25) is 0 Å². The average Bonchev–Trinajstić information content (AvgIpc) is 2.85. The summed E-state index contributed by atoms with van der Waals surface area (Å²) < 4.78 is 56.6. The fraction of sp³-hybridized carbons (Fsp3) is 0.172. The predicted molar refractivity (Wildman–Crippen MR) is 145 cm³/mol. The molecule has 0 unspecified atom stereocenters. The van der Waals surface area contributed by atoms with Crippen LogP contribution in [0.3, 0.4) is 0 Å². The SMILES string of the molecule is CC(c1ccccc1)(c1ccccc1)C(c1ccc(OS(C)(=O)=O)cc1)c1ccc(OS(C)(=O)=O)cc1. The van der Waals surface area contributed by atoms with E-state index in [9.17, 15) is 16.8 Å². The Bertz CT molecular complexity index is 1430. The average molecular weight is 537 g/mol. The molecule has 0 aliphatic rings. The molecule has 0 N–H and O–H groups in total. The van der Waals surface area contributed by atoms with E-state index < -0.39 is 25.7 Å². The van der Waals surface area contributed by atoms with Crippen LogP contribution in [0.5, 0.6) is 11.5 Å². The van der Waals surface area contributed by atoms with E-state index >= 15 is 0 Å². The summed E-state index contributed by atoms with van der Waals surface area (Å²) in [7, 11) is -7.32. The second kappa shape index (κ2) is 10.4. The highest BCUT2D eigenvalue weighted by atomic mass is 32.2. The first-order valence-electron chi connectivity index (χ1n) is 11.6. The third-order valence-electron chi connectivity index (χ3n) is 6.25. The summed E-state index contributed by atoms with van der Waals surface area (Å²) in [4.78, 5) is 0. The number of hydrogen-bond donors (Lipinski definition) is 0. The van der Waals surface area contributed by atoms with Crippen LogP contribution < -0.4 is 8.37 Å². The van der Waals surface area contributed by atoms with Crippen LogP contribution >= 0.6 is 0 Å². The molecule has 0 aliphatic carbocycles. The second-order valence-electron chi connectivity index (χ2n) is 9.08. The topological polar surface area (TPSA) is 86.7 Å². The van der Waals surface area contributed by atoms with Crippen molar-refractivity contribution in [2.75, 3.05) is 12.5 Å². The Labute approximate surface area is 218 Å². The fourth-order valence-electron chi connectivity index (χ4n) is 4.71. The molecule has 37 heavy (non-hydrogen) atoms. The van der Waals surface area contributed by atoms with Gasteiger partial charge in [-0.2, -0.15) is 16.8 Å². The van der Waals surface area contributed by atoms with Crippen LogP contribution in [0.4, 0.5) is 0 Å². The minimum Gasteiger partial charge on any atom is -0.383 e. The Balaban J connectivity index is 1.91. The Morgan fingerprint density at radius 1 is 0.541 bits per heavy atom. The van der Waals surface area contributed by atoms with Crippen molar-refractivity contribution >= 4 is 20.2 Å². The summed E-state index contributed by atoms with van der Waals surface area (Å²) >= 11 is 0. The highest BCUT2D eigenvalue weighted by molar-refractivity contribution is 7.86. The van der Waals surface area contributed by atoms with Gasteiger partial charge in [-0.3, -0.25) is 0 Å². The molecular weight excluding hydrogens is 508 g/mol. The highest BCUT2D eigenvalue weighted by Gasteiger charge is 2.39. The molecule has 0 bridgehead atoms. The van der Waals surface area contributed by atoms with Gasteiger partial charge in [-0.15, -0.1) is 0 Å². The Kier molecular flexibility index (Phi) is 7.43. The molecule has 0 saturated heterocycles. The number of benzene rings is 4. The molecule has 0 radical (unpaired) electrons. The van der Waals surface area contributed by atoms with Gasteiger partial charge in [0.15, 0.2) is 0 Å². The molecule has 0 aliphatic heterocycles. The van der Waals surface area contributed by atoms with Crippen molar-refractivity contribution in [2.24, 2.45) is 0 Å². The first-order valence-corrected chi connectivity index (χ1v) is 15.2. The fourth-order valence-corrected chi connectivity index (χ4v) is 5.63. The molecule has 0 spiro atoms. The maximum absolute atomic E-state index is 11.6. The molecule has 192 valence electrons. The van der Waals surface area contributed by atoms with Crippen LogP contribution in [0.15, 0.2) is 109 Å². The predicted octanol–water partition coefficient (Wildman–Crippen LogP) is 5.50. The van der Waals surface area contributed by atoms with Crippen LogP contribution in [0, 0.1) is 0 Å². The first-order chi connectivity index (χ1) is 17.5.